The molecule has 2 N–H and O–H groups in total. The fourth-order valence-corrected chi connectivity index (χ4v) is 1.60. The summed E-state index contributed by atoms with van der Waals surface area (Å²) in [5, 5.41) is 7.03. The largest absolute Gasteiger partial charge is 0.349 e. The lowest BCUT2D eigenvalue weighted by Gasteiger charge is -2.05. The zero-order chi connectivity index (χ0) is 12.3. The molecule has 2 heterocycles. The summed E-state index contributed by atoms with van der Waals surface area (Å²) in [7, 11) is 0. The highest BCUT2D eigenvalue weighted by molar-refractivity contribution is 5.75. The maximum absolute atomic E-state index is 11.7. The van der Waals surface area contributed by atoms with Gasteiger partial charge in [-0.05, 0) is 19.9 Å². The molecule has 0 fully saturated rings. The highest BCUT2D eigenvalue weighted by Crippen LogP contribution is 2.01. The van der Waals surface area contributed by atoms with Gasteiger partial charge in [0.05, 0.1) is 24.3 Å². The summed E-state index contributed by atoms with van der Waals surface area (Å²) < 4.78 is 1.69. The van der Waals surface area contributed by atoms with E-state index < -0.39 is 0 Å². The number of H-pyrrole nitrogens is 1. The van der Waals surface area contributed by atoms with Crippen molar-refractivity contribution < 1.29 is 4.79 Å². The third-order valence-electron chi connectivity index (χ3n) is 2.43. The molecule has 0 saturated heterocycles. The Hall–Kier alpha value is -2.11. The van der Waals surface area contributed by atoms with Gasteiger partial charge in [0.25, 0.3) is 0 Å². The molecule has 0 saturated carbocycles. The second-order valence-corrected chi connectivity index (χ2v) is 3.94. The van der Waals surface area contributed by atoms with Crippen LogP contribution in [0.5, 0.6) is 0 Å². The number of carbonyl (C=O) groups excluding carboxylic acids is 1. The Balaban J connectivity index is 1.87. The molecule has 0 aliphatic carbocycles. The Morgan fingerprint density at radius 1 is 1.53 bits per heavy atom. The third-order valence-corrected chi connectivity index (χ3v) is 2.43. The lowest BCUT2D eigenvalue weighted by Crippen LogP contribution is -2.28. The van der Waals surface area contributed by atoms with Gasteiger partial charge in [-0.15, -0.1) is 0 Å². The first-order valence-electron chi connectivity index (χ1n) is 5.40. The molecule has 17 heavy (non-hydrogen) atoms. The molecule has 0 atom stereocenters. The minimum atomic E-state index is -0.0641. The Kier molecular flexibility index (Phi) is 3.22. The molecule has 0 aliphatic heterocycles. The number of hydrogen-bond donors (Lipinski definition) is 2. The second kappa shape index (κ2) is 4.82. The highest BCUT2D eigenvalue weighted by atomic mass is 16.2. The summed E-state index contributed by atoms with van der Waals surface area (Å²) in [5.74, 6) is -0.0641. The molecule has 2 aromatic rings. The monoisotopic (exact) mass is 233 g/mol. The van der Waals surface area contributed by atoms with Gasteiger partial charge in [-0.2, -0.15) is 5.10 Å². The maximum atomic E-state index is 11.7. The summed E-state index contributed by atoms with van der Waals surface area (Å²) in [6, 6.07) is 1.95. The highest BCUT2D eigenvalue weighted by Gasteiger charge is 2.06. The summed E-state index contributed by atoms with van der Waals surface area (Å²) in [4.78, 5) is 18.5. The van der Waals surface area contributed by atoms with E-state index in [-0.39, 0.29) is 12.5 Å². The number of aryl methyl sites for hydroxylation is 2. The summed E-state index contributed by atoms with van der Waals surface area (Å²) in [6.07, 6.45) is 3.27. The van der Waals surface area contributed by atoms with Crippen molar-refractivity contribution in [3.8, 4) is 0 Å². The Bertz CT molecular complexity index is 500. The van der Waals surface area contributed by atoms with Crippen molar-refractivity contribution in [2.24, 2.45) is 0 Å². The first-order valence-corrected chi connectivity index (χ1v) is 5.40. The molecule has 0 unspecified atom stereocenters. The SMILES string of the molecule is Cc1cc(C)n(CC(=O)NCc2cnc[nH]2)n1. The Morgan fingerprint density at radius 3 is 2.94 bits per heavy atom. The van der Waals surface area contributed by atoms with Crippen LogP contribution in [0.3, 0.4) is 0 Å². The molecule has 6 heteroatoms. The molecular weight excluding hydrogens is 218 g/mol. The van der Waals surface area contributed by atoms with Gasteiger partial charge in [-0.1, -0.05) is 0 Å². The lowest BCUT2D eigenvalue weighted by atomic mass is 10.4. The number of nitrogens with one attached hydrogen (secondary N) is 2. The molecule has 90 valence electrons. The van der Waals surface area contributed by atoms with E-state index in [1.54, 1.807) is 17.2 Å². The van der Waals surface area contributed by atoms with Crippen LogP contribution in [0.25, 0.3) is 0 Å². The number of imidazole rings is 1. The van der Waals surface area contributed by atoms with E-state index in [0.29, 0.717) is 6.54 Å². The predicted octanol–water partition coefficient (Wildman–Crippen LogP) is 0.539. The van der Waals surface area contributed by atoms with Crippen molar-refractivity contribution in [3.63, 3.8) is 0 Å². The van der Waals surface area contributed by atoms with Crippen LogP contribution in [0.2, 0.25) is 0 Å². The minimum absolute atomic E-state index is 0.0641. The average molecular weight is 233 g/mol. The number of hydrogen-bond acceptors (Lipinski definition) is 3. The van der Waals surface area contributed by atoms with Gasteiger partial charge in [0, 0.05) is 11.9 Å². The number of aromatic nitrogens is 4. The molecule has 0 aromatic carbocycles. The fourth-order valence-electron chi connectivity index (χ4n) is 1.60. The van der Waals surface area contributed by atoms with E-state index in [1.807, 2.05) is 19.9 Å². The fraction of sp³-hybridized carbons (Fsp3) is 0.364. The second-order valence-electron chi connectivity index (χ2n) is 3.94. The van der Waals surface area contributed by atoms with Crippen molar-refractivity contribution >= 4 is 5.91 Å². The standard InChI is InChI=1S/C11H15N5O/c1-8-3-9(2)16(15-8)6-11(17)13-5-10-4-12-7-14-10/h3-4,7H,5-6H2,1-2H3,(H,12,14)(H,13,17). The maximum Gasteiger partial charge on any atom is 0.242 e. The normalized spacial score (nSPS) is 10.5. The van der Waals surface area contributed by atoms with Crippen molar-refractivity contribution in [2.45, 2.75) is 26.9 Å². The smallest absolute Gasteiger partial charge is 0.242 e. The number of carbonyl (C=O) groups is 1. The van der Waals surface area contributed by atoms with Gasteiger partial charge in [0.1, 0.15) is 6.54 Å². The van der Waals surface area contributed by atoms with E-state index >= 15 is 0 Å². The predicted molar refractivity (Wildman–Crippen MR) is 62.1 cm³/mol. The quantitative estimate of drug-likeness (QED) is 0.809. The number of aromatic amines is 1. The van der Waals surface area contributed by atoms with E-state index in [1.165, 1.54) is 0 Å². The van der Waals surface area contributed by atoms with Gasteiger partial charge in [-0.3, -0.25) is 9.48 Å². The zero-order valence-electron chi connectivity index (χ0n) is 9.90. The van der Waals surface area contributed by atoms with Gasteiger partial charge in [0.15, 0.2) is 0 Å². The summed E-state index contributed by atoms with van der Waals surface area (Å²) >= 11 is 0. The number of nitrogens with zero attached hydrogens (tertiary/aromatic N) is 3. The van der Waals surface area contributed by atoms with E-state index in [4.69, 9.17) is 0 Å². The molecule has 6 nitrogen and oxygen atoms in total. The first kappa shape index (κ1) is 11.4. The van der Waals surface area contributed by atoms with Crippen LogP contribution in [-0.2, 0) is 17.9 Å². The van der Waals surface area contributed by atoms with Crippen molar-refractivity contribution in [1.29, 1.82) is 0 Å². The van der Waals surface area contributed by atoms with Crippen molar-refractivity contribution in [2.75, 3.05) is 0 Å². The summed E-state index contributed by atoms with van der Waals surface area (Å²) in [6.45, 7) is 4.54. The van der Waals surface area contributed by atoms with Crippen molar-refractivity contribution in [1.82, 2.24) is 25.1 Å². The minimum Gasteiger partial charge on any atom is -0.349 e. The van der Waals surface area contributed by atoms with Crippen LogP contribution < -0.4 is 5.32 Å². The third kappa shape index (κ3) is 2.93. The van der Waals surface area contributed by atoms with Crippen LogP contribution in [0, 0.1) is 13.8 Å². The lowest BCUT2D eigenvalue weighted by molar-refractivity contribution is -0.122. The van der Waals surface area contributed by atoms with Crippen LogP contribution in [0.4, 0.5) is 0 Å². The average Bonchev–Trinajstić information content (AvgIpc) is 2.87. The van der Waals surface area contributed by atoms with Crippen molar-refractivity contribution in [3.05, 3.63) is 35.7 Å². The first-order chi connectivity index (χ1) is 8.15. The molecule has 0 bridgehead atoms. The molecular formula is C11H15N5O. The molecule has 2 aromatic heterocycles. The van der Waals surface area contributed by atoms with Gasteiger partial charge >= 0.3 is 0 Å². The molecule has 1 amide bonds. The van der Waals surface area contributed by atoms with Gasteiger partial charge in [0.2, 0.25) is 5.91 Å². The molecule has 0 spiro atoms. The number of rotatable bonds is 4. The summed E-state index contributed by atoms with van der Waals surface area (Å²) in [5.41, 5.74) is 2.79. The van der Waals surface area contributed by atoms with E-state index in [2.05, 4.69) is 20.4 Å². The Labute approximate surface area is 99.1 Å². The zero-order valence-corrected chi connectivity index (χ0v) is 9.90. The van der Waals surface area contributed by atoms with E-state index in [9.17, 15) is 4.79 Å². The molecule has 2 rings (SSSR count). The number of amides is 1. The van der Waals surface area contributed by atoms with Crippen LogP contribution in [0.15, 0.2) is 18.6 Å². The van der Waals surface area contributed by atoms with Crippen LogP contribution >= 0.6 is 0 Å². The molecule has 0 radical (unpaired) electrons. The van der Waals surface area contributed by atoms with Gasteiger partial charge in [-0.25, -0.2) is 4.98 Å². The van der Waals surface area contributed by atoms with E-state index in [0.717, 1.165) is 17.1 Å². The molecule has 0 aliphatic rings. The van der Waals surface area contributed by atoms with Crippen LogP contribution in [0.1, 0.15) is 17.1 Å². The Morgan fingerprint density at radius 2 is 2.35 bits per heavy atom. The topological polar surface area (TPSA) is 75.6 Å². The van der Waals surface area contributed by atoms with Gasteiger partial charge < -0.3 is 10.3 Å². The van der Waals surface area contributed by atoms with Crippen LogP contribution in [-0.4, -0.2) is 25.7 Å².